The van der Waals surface area contributed by atoms with Crippen molar-refractivity contribution in [2.75, 3.05) is 13.2 Å². The molecule has 0 unspecified atom stereocenters. The second-order valence-corrected chi connectivity index (χ2v) is 4.02. The van der Waals surface area contributed by atoms with E-state index in [1.807, 2.05) is 0 Å². The van der Waals surface area contributed by atoms with Gasteiger partial charge in [0.05, 0.1) is 18.3 Å². The van der Waals surface area contributed by atoms with Gasteiger partial charge in [-0.1, -0.05) is 0 Å². The Hall–Kier alpha value is -1.00. The second-order valence-electron chi connectivity index (χ2n) is 4.02. The number of hydrogen-bond acceptors (Lipinski definition) is 4. The molecule has 4 heteroatoms. The molecule has 82 valence electrons. The topological polar surface area (TPSA) is 49.2 Å². The number of aliphatic hydroxyl groups excluding tert-OH is 1. The summed E-state index contributed by atoms with van der Waals surface area (Å²) in [5.74, 6) is 0. The fraction of sp³-hybridized carbons (Fsp3) is 0.636. The molecule has 0 radical (unpaired) electrons. The lowest BCUT2D eigenvalue weighted by Crippen LogP contribution is -2.34. The lowest BCUT2D eigenvalue weighted by atomic mass is 10.1. The highest BCUT2D eigenvalue weighted by Gasteiger charge is 2.29. The van der Waals surface area contributed by atoms with Crippen molar-refractivity contribution in [1.29, 1.82) is 0 Å². The maximum absolute atomic E-state index is 9.25. The van der Waals surface area contributed by atoms with Crippen LogP contribution in [-0.2, 0) is 0 Å². The molecular weight excluding hydrogens is 190 g/mol. The van der Waals surface area contributed by atoms with Crippen LogP contribution in [0.4, 0.5) is 0 Å². The van der Waals surface area contributed by atoms with Gasteiger partial charge in [-0.3, -0.25) is 14.9 Å². The average Bonchev–Trinajstić information content (AvgIpc) is 2.77. The Bertz CT molecular complexity index is 304. The van der Waals surface area contributed by atoms with Crippen LogP contribution in [-0.4, -0.2) is 39.2 Å². The van der Waals surface area contributed by atoms with Gasteiger partial charge in [-0.2, -0.15) is 0 Å². The van der Waals surface area contributed by atoms with Gasteiger partial charge in [0.1, 0.15) is 0 Å². The van der Waals surface area contributed by atoms with Gasteiger partial charge in [-0.15, -0.1) is 0 Å². The Morgan fingerprint density at radius 3 is 3.13 bits per heavy atom. The fourth-order valence-corrected chi connectivity index (χ4v) is 2.26. The van der Waals surface area contributed by atoms with Crippen molar-refractivity contribution < 1.29 is 5.11 Å². The highest BCUT2D eigenvalue weighted by Crippen LogP contribution is 2.27. The summed E-state index contributed by atoms with van der Waals surface area (Å²) >= 11 is 0. The van der Waals surface area contributed by atoms with Crippen molar-refractivity contribution in [1.82, 2.24) is 14.9 Å². The maximum Gasteiger partial charge on any atom is 0.0755 e. The van der Waals surface area contributed by atoms with Crippen molar-refractivity contribution >= 4 is 0 Å². The Morgan fingerprint density at radius 1 is 1.60 bits per heavy atom. The third-order valence-corrected chi connectivity index (χ3v) is 3.14. The predicted octanol–water partition coefficient (Wildman–Crippen LogP) is 0.994. The molecule has 1 aromatic rings. The molecule has 2 heterocycles. The van der Waals surface area contributed by atoms with Crippen LogP contribution in [0.2, 0.25) is 0 Å². The summed E-state index contributed by atoms with van der Waals surface area (Å²) < 4.78 is 0. The van der Waals surface area contributed by atoms with E-state index in [0.29, 0.717) is 6.04 Å². The van der Waals surface area contributed by atoms with Gasteiger partial charge < -0.3 is 5.11 Å². The highest BCUT2D eigenvalue weighted by atomic mass is 16.3. The van der Waals surface area contributed by atoms with E-state index in [2.05, 4.69) is 21.8 Å². The molecule has 0 amide bonds. The van der Waals surface area contributed by atoms with E-state index < -0.39 is 0 Å². The Kier molecular flexibility index (Phi) is 3.28. The van der Waals surface area contributed by atoms with E-state index in [1.165, 1.54) is 0 Å². The monoisotopic (exact) mass is 207 g/mol. The lowest BCUT2D eigenvalue weighted by Gasteiger charge is -2.28. The third kappa shape index (κ3) is 2.16. The molecule has 2 rings (SSSR count). The molecule has 1 aromatic heterocycles. The summed E-state index contributed by atoms with van der Waals surface area (Å²) in [4.78, 5) is 10.7. The molecule has 0 aromatic carbocycles. The van der Waals surface area contributed by atoms with Crippen molar-refractivity contribution in [3.8, 4) is 0 Å². The van der Waals surface area contributed by atoms with Crippen LogP contribution in [0.5, 0.6) is 0 Å². The summed E-state index contributed by atoms with van der Waals surface area (Å²) in [6.07, 6.45) is 7.45. The molecule has 2 atom stereocenters. The van der Waals surface area contributed by atoms with E-state index >= 15 is 0 Å². The van der Waals surface area contributed by atoms with Gasteiger partial charge in [0.25, 0.3) is 0 Å². The zero-order chi connectivity index (χ0) is 10.7. The molecule has 1 N–H and O–H groups in total. The van der Waals surface area contributed by atoms with Gasteiger partial charge in [0.15, 0.2) is 0 Å². The van der Waals surface area contributed by atoms with Crippen LogP contribution in [0.15, 0.2) is 18.6 Å². The first kappa shape index (κ1) is 10.5. The Morgan fingerprint density at radius 2 is 2.47 bits per heavy atom. The minimum absolute atomic E-state index is 0.241. The van der Waals surface area contributed by atoms with Gasteiger partial charge in [-0.25, -0.2) is 0 Å². The lowest BCUT2D eigenvalue weighted by molar-refractivity contribution is 0.124. The number of likely N-dealkylation sites (tertiary alicyclic amines) is 1. The first-order chi connectivity index (χ1) is 7.33. The van der Waals surface area contributed by atoms with E-state index in [4.69, 9.17) is 0 Å². The van der Waals surface area contributed by atoms with Crippen LogP contribution in [0.1, 0.15) is 31.5 Å². The fourth-order valence-electron chi connectivity index (χ4n) is 2.26. The summed E-state index contributed by atoms with van der Waals surface area (Å²) in [5.41, 5.74) is 0.984. The summed E-state index contributed by atoms with van der Waals surface area (Å²) in [6, 6.07) is 0.542. The molecule has 15 heavy (non-hydrogen) atoms. The smallest absolute Gasteiger partial charge is 0.0755 e. The van der Waals surface area contributed by atoms with E-state index in [9.17, 15) is 5.11 Å². The molecule has 1 aliphatic rings. The van der Waals surface area contributed by atoms with Crippen LogP contribution in [0.25, 0.3) is 0 Å². The first-order valence-electron chi connectivity index (χ1n) is 5.45. The van der Waals surface area contributed by atoms with E-state index in [0.717, 1.165) is 25.1 Å². The number of hydrogen-bond donors (Lipinski definition) is 1. The molecule has 0 bridgehead atoms. The van der Waals surface area contributed by atoms with Crippen molar-refractivity contribution in [2.24, 2.45) is 0 Å². The Labute approximate surface area is 90.0 Å². The maximum atomic E-state index is 9.25. The molecule has 1 saturated heterocycles. The van der Waals surface area contributed by atoms with Gasteiger partial charge in [0, 0.05) is 24.6 Å². The minimum Gasteiger partial charge on any atom is -0.395 e. The van der Waals surface area contributed by atoms with Crippen molar-refractivity contribution in [3.05, 3.63) is 24.3 Å². The minimum atomic E-state index is 0.241. The Balaban J connectivity index is 2.10. The van der Waals surface area contributed by atoms with Crippen LogP contribution in [0, 0.1) is 0 Å². The largest absolute Gasteiger partial charge is 0.395 e. The van der Waals surface area contributed by atoms with E-state index in [1.54, 1.807) is 18.6 Å². The molecule has 1 fully saturated rings. The standard InChI is InChI=1S/C11H17N3O/c1-9(11-7-12-4-5-13-11)14-6-2-3-10(14)8-15/h4-5,7,9-10,15H,2-3,6,8H2,1H3/t9-,10+/m1/s1. The molecule has 4 nitrogen and oxygen atoms in total. The zero-order valence-corrected chi connectivity index (χ0v) is 9.00. The molecule has 0 saturated carbocycles. The van der Waals surface area contributed by atoms with E-state index in [-0.39, 0.29) is 12.6 Å². The SMILES string of the molecule is C[C@H](c1cnccn1)N1CCC[C@H]1CO. The normalized spacial score (nSPS) is 24.3. The number of aromatic nitrogens is 2. The summed E-state index contributed by atoms with van der Waals surface area (Å²) in [5, 5.41) is 9.25. The number of rotatable bonds is 3. The molecule has 1 aliphatic heterocycles. The van der Waals surface area contributed by atoms with Gasteiger partial charge >= 0.3 is 0 Å². The summed E-state index contributed by atoms with van der Waals surface area (Å²) in [7, 11) is 0. The van der Waals surface area contributed by atoms with Gasteiger partial charge in [-0.05, 0) is 26.3 Å². The highest BCUT2D eigenvalue weighted by molar-refractivity contribution is 5.03. The van der Waals surface area contributed by atoms with Crippen LogP contribution in [0.3, 0.4) is 0 Å². The first-order valence-corrected chi connectivity index (χ1v) is 5.45. The van der Waals surface area contributed by atoms with Crippen LogP contribution >= 0.6 is 0 Å². The molecule has 0 aliphatic carbocycles. The quantitative estimate of drug-likeness (QED) is 0.803. The van der Waals surface area contributed by atoms with Crippen LogP contribution < -0.4 is 0 Å². The molecule has 0 spiro atoms. The van der Waals surface area contributed by atoms with Crippen molar-refractivity contribution in [2.45, 2.75) is 31.8 Å². The number of aliphatic hydroxyl groups is 1. The predicted molar refractivity (Wildman–Crippen MR) is 57.3 cm³/mol. The van der Waals surface area contributed by atoms with Gasteiger partial charge in [0.2, 0.25) is 0 Å². The average molecular weight is 207 g/mol. The third-order valence-electron chi connectivity index (χ3n) is 3.14. The molecular formula is C11H17N3O. The second kappa shape index (κ2) is 4.68. The zero-order valence-electron chi connectivity index (χ0n) is 9.00. The van der Waals surface area contributed by atoms with Crippen molar-refractivity contribution in [3.63, 3.8) is 0 Å². The number of nitrogens with zero attached hydrogens (tertiary/aromatic N) is 3. The summed E-state index contributed by atoms with van der Waals surface area (Å²) in [6.45, 7) is 3.41.